The van der Waals surface area contributed by atoms with Gasteiger partial charge in [-0.25, -0.2) is 4.98 Å². The Kier molecular flexibility index (Phi) is 7.33. The second kappa shape index (κ2) is 9.26. The van der Waals surface area contributed by atoms with Crippen LogP contribution >= 0.6 is 11.3 Å². The third kappa shape index (κ3) is 5.36. The maximum Gasteiger partial charge on any atom is 0.270 e. The molecule has 0 radical (unpaired) electrons. The van der Waals surface area contributed by atoms with Gasteiger partial charge in [0, 0.05) is 11.4 Å². The van der Waals surface area contributed by atoms with Gasteiger partial charge in [-0.15, -0.1) is 11.3 Å². The van der Waals surface area contributed by atoms with E-state index in [1.165, 1.54) is 43.4 Å². The van der Waals surface area contributed by atoms with Gasteiger partial charge in [-0.1, -0.05) is 51.9 Å². The molecule has 1 amide bonds. The second-order valence-electron chi connectivity index (χ2n) is 6.34. The van der Waals surface area contributed by atoms with Gasteiger partial charge in [0.05, 0.1) is 6.04 Å². The first kappa shape index (κ1) is 17.4. The van der Waals surface area contributed by atoms with E-state index in [9.17, 15) is 4.79 Å². The topological polar surface area (TPSA) is 68.0 Å². The summed E-state index contributed by atoms with van der Waals surface area (Å²) in [7, 11) is 0. The van der Waals surface area contributed by atoms with E-state index in [0.29, 0.717) is 11.7 Å². The van der Waals surface area contributed by atoms with E-state index >= 15 is 0 Å². The molecule has 1 atom stereocenters. The molecule has 1 unspecified atom stereocenters. The average molecular weight is 324 g/mol. The van der Waals surface area contributed by atoms with Crippen molar-refractivity contribution in [1.29, 1.82) is 0 Å². The van der Waals surface area contributed by atoms with Crippen LogP contribution in [0.2, 0.25) is 0 Å². The summed E-state index contributed by atoms with van der Waals surface area (Å²) in [6.07, 6.45) is 11.7. The number of thiazole rings is 1. The third-order valence-electron chi connectivity index (χ3n) is 4.38. The van der Waals surface area contributed by atoms with Crippen molar-refractivity contribution in [2.75, 3.05) is 0 Å². The van der Waals surface area contributed by atoms with Crippen LogP contribution in [0.25, 0.3) is 0 Å². The van der Waals surface area contributed by atoms with Crippen molar-refractivity contribution in [2.45, 2.75) is 83.2 Å². The van der Waals surface area contributed by atoms with Crippen LogP contribution in [0.5, 0.6) is 0 Å². The van der Waals surface area contributed by atoms with Crippen LogP contribution in [0.1, 0.15) is 92.7 Å². The van der Waals surface area contributed by atoms with Crippen LogP contribution < -0.4 is 11.1 Å². The van der Waals surface area contributed by atoms with Gasteiger partial charge in [-0.3, -0.25) is 4.79 Å². The fraction of sp³-hybridized carbons (Fsp3) is 0.765. The predicted octanol–water partition coefficient (Wildman–Crippen LogP) is 4.18. The van der Waals surface area contributed by atoms with Crippen LogP contribution in [0.15, 0.2) is 5.38 Å². The largest absolute Gasteiger partial charge is 0.348 e. The minimum atomic E-state index is -0.0344. The molecule has 3 N–H and O–H groups in total. The van der Waals surface area contributed by atoms with E-state index in [1.54, 1.807) is 0 Å². The Morgan fingerprint density at radius 2 is 2.05 bits per heavy atom. The molecule has 1 saturated carbocycles. The number of nitrogens with two attached hydrogens (primary N) is 1. The highest BCUT2D eigenvalue weighted by Gasteiger charge is 2.18. The zero-order valence-electron chi connectivity index (χ0n) is 13.6. The molecular formula is C17H29N3OS. The SMILES string of the molecule is CCCCC(N)c1nc(C(=O)NC2CCCCCCC2)cs1. The van der Waals surface area contributed by atoms with E-state index in [2.05, 4.69) is 17.2 Å². The minimum absolute atomic E-state index is 0.0317. The van der Waals surface area contributed by atoms with E-state index in [0.717, 1.165) is 37.1 Å². The lowest BCUT2D eigenvalue weighted by molar-refractivity contribution is 0.0926. The summed E-state index contributed by atoms with van der Waals surface area (Å²) in [5.74, 6) is -0.0317. The monoisotopic (exact) mass is 323 g/mol. The first-order valence-corrected chi connectivity index (χ1v) is 9.60. The molecular weight excluding hydrogens is 294 g/mol. The molecule has 1 aromatic heterocycles. The summed E-state index contributed by atoms with van der Waals surface area (Å²) in [6, 6.07) is 0.277. The number of carbonyl (C=O) groups excluding carboxylic acids is 1. The summed E-state index contributed by atoms with van der Waals surface area (Å²) < 4.78 is 0. The first-order valence-electron chi connectivity index (χ1n) is 8.72. The molecule has 1 aliphatic rings. The lowest BCUT2D eigenvalue weighted by atomic mass is 9.97. The molecule has 22 heavy (non-hydrogen) atoms. The highest BCUT2D eigenvalue weighted by atomic mass is 32.1. The van der Waals surface area contributed by atoms with E-state index < -0.39 is 0 Å². The van der Waals surface area contributed by atoms with Gasteiger partial charge in [0.15, 0.2) is 0 Å². The molecule has 0 bridgehead atoms. The molecule has 0 spiro atoms. The van der Waals surface area contributed by atoms with Gasteiger partial charge < -0.3 is 11.1 Å². The van der Waals surface area contributed by atoms with E-state index in [4.69, 9.17) is 5.73 Å². The van der Waals surface area contributed by atoms with E-state index in [-0.39, 0.29) is 11.9 Å². The normalized spacial score (nSPS) is 18.5. The van der Waals surface area contributed by atoms with Crippen LogP contribution in [0.3, 0.4) is 0 Å². The lowest BCUT2D eigenvalue weighted by Gasteiger charge is -2.20. The molecule has 124 valence electrons. The Morgan fingerprint density at radius 3 is 2.73 bits per heavy atom. The van der Waals surface area contributed by atoms with Gasteiger partial charge in [0.2, 0.25) is 0 Å². The van der Waals surface area contributed by atoms with Crippen LogP contribution in [0, 0.1) is 0 Å². The summed E-state index contributed by atoms with van der Waals surface area (Å²) in [4.78, 5) is 16.8. The quantitative estimate of drug-likeness (QED) is 0.825. The molecule has 0 aromatic carbocycles. The predicted molar refractivity (Wildman–Crippen MR) is 92.1 cm³/mol. The first-order chi connectivity index (χ1) is 10.7. The van der Waals surface area contributed by atoms with Gasteiger partial charge in [0.25, 0.3) is 5.91 Å². The zero-order valence-corrected chi connectivity index (χ0v) is 14.5. The molecule has 4 nitrogen and oxygen atoms in total. The van der Waals surface area contributed by atoms with Crippen molar-refractivity contribution >= 4 is 17.2 Å². The van der Waals surface area contributed by atoms with Crippen molar-refractivity contribution in [3.05, 3.63) is 16.1 Å². The van der Waals surface area contributed by atoms with Crippen LogP contribution in [-0.4, -0.2) is 16.9 Å². The van der Waals surface area contributed by atoms with Crippen LogP contribution in [-0.2, 0) is 0 Å². The number of carbonyl (C=O) groups is 1. The molecule has 1 heterocycles. The van der Waals surface area contributed by atoms with Crippen molar-refractivity contribution in [3.63, 3.8) is 0 Å². The number of hydrogen-bond acceptors (Lipinski definition) is 4. The number of rotatable bonds is 6. The number of hydrogen-bond donors (Lipinski definition) is 2. The third-order valence-corrected chi connectivity index (χ3v) is 5.36. The van der Waals surface area contributed by atoms with Crippen molar-refractivity contribution < 1.29 is 4.79 Å². The fourth-order valence-electron chi connectivity index (χ4n) is 2.97. The Labute approximate surface area is 137 Å². The molecule has 0 saturated heterocycles. The molecule has 5 heteroatoms. The fourth-order valence-corrected chi connectivity index (χ4v) is 3.81. The molecule has 1 fully saturated rings. The van der Waals surface area contributed by atoms with Gasteiger partial charge in [-0.05, 0) is 19.3 Å². The van der Waals surface area contributed by atoms with Crippen molar-refractivity contribution in [3.8, 4) is 0 Å². The number of unbranched alkanes of at least 4 members (excludes halogenated alkanes) is 1. The number of aromatic nitrogens is 1. The number of nitrogens with one attached hydrogen (secondary N) is 1. The van der Waals surface area contributed by atoms with Crippen LogP contribution in [0.4, 0.5) is 0 Å². The summed E-state index contributed by atoms with van der Waals surface area (Å²) in [6.45, 7) is 2.16. The summed E-state index contributed by atoms with van der Waals surface area (Å²) >= 11 is 1.51. The maximum absolute atomic E-state index is 12.4. The zero-order chi connectivity index (χ0) is 15.8. The minimum Gasteiger partial charge on any atom is -0.348 e. The Bertz CT molecular complexity index is 453. The summed E-state index contributed by atoms with van der Waals surface area (Å²) in [5, 5.41) is 5.89. The highest BCUT2D eigenvalue weighted by molar-refractivity contribution is 7.09. The standard InChI is InChI=1S/C17H29N3OS/c1-2-3-11-14(18)17-20-15(12-22-17)16(21)19-13-9-7-5-4-6-8-10-13/h12-14H,2-11,18H2,1H3,(H,19,21). The molecule has 1 aliphatic carbocycles. The average Bonchev–Trinajstić information content (AvgIpc) is 2.97. The second-order valence-corrected chi connectivity index (χ2v) is 7.22. The number of nitrogens with zero attached hydrogens (tertiary/aromatic N) is 1. The smallest absolute Gasteiger partial charge is 0.270 e. The number of amides is 1. The maximum atomic E-state index is 12.4. The Hall–Kier alpha value is -0.940. The van der Waals surface area contributed by atoms with Gasteiger partial charge in [-0.2, -0.15) is 0 Å². The molecule has 0 aliphatic heterocycles. The van der Waals surface area contributed by atoms with Crippen molar-refractivity contribution in [1.82, 2.24) is 10.3 Å². The van der Waals surface area contributed by atoms with Gasteiger partial charge in [0.1, 0.15) is 10.7 Å². The highest BCUT2D eigenvalue weighted by Crippen LogP contribution is 2.22. The Balaban J connectivity index is 1.87. The Morgan fingerprint density at radius 1 is 1.36 bits per heavy atom. The molecule has 2 rings (SSSR count). The molecule has 1 aromatic rings. The van der Waals surface area contributed by atoms with E-state index in [1.807, 2.05) is 5.38 Å². The van der Waals surface area contributed by atoms with Gasteiger partial charge >= 0.3 is 0 Å². The van der Waals surface area contributed by atoms with Crippen molar-refractivity contribution in [2.24, 2.45) is 5.73 Å². The summed E-state index contributed by atoms with van der Waals surface area (Å²) in [5.41, 5.74) is 6.67. The lowest BCUT2D eigenvalue weighted by Crippen LogP contribution is -2.35.